The van der Waals surface area contributed by atoms with Crippen LogP contribution in [0.4, 0.5) is 0 Å². The summed E-state index contributed by atoms with van der Waals surface area (Å²) < 4.78 is 0. The van der Waals surface area contributed by atoms with Crippen molar-refractivity contribution in [3.8, 4) is 0 Å². The molecule has 0 saturated carbocycles. The normalized spacial score (nSPS) is 15.6. The van der Waals surface area contributed by atoms with Crippen LogP contribution >= 0.6 is 0 Å². The molecule has 0 aliphatic carbocycles. The maximum atomic E-state index is 3.87. The van der Waals surface area contributed by atoms with Gasteiger partial charge in [0, 0.05) is 18.8 Å². The molecule has 0 rings (SSSR count). The van der Waals surface area contributed by atoms with Crippen molar-refractivity contribution in [1.29, 1.82) is 0 Å². The van der Waals surface area contributed by atoms with Gasteiger partial charge in [0.25, 0.3) is 0 Å². The Kier molecular flexibility index (Phi) is 11.7. The smallest absolute Gasteiger partial charge is 0.0297 e. The lowest BCUT2D eigenvalue weighted by molar-refractivity contribution is 0.425. The summed E-state index contributed by atoms with van der Waals surface area (Å²) in [6.07, 6.45) is 11.9. The number of rotatable bonds is 11. The maximum Gasteiger partial charge on any atom is 0.0297 e. The van der Waals surface area contributed by atoms with Crippen molar-refractivity contribution in [3.05, 3.63) is 48.2 Å². The monoisotopic (exact) mass is 290 g/mol. The second-order valence-corrected chi connectivity index (χ2v) is 5.73. The van der Waals surface area contributed by atoms with E-state index in [1.807, 2.05) is 19.9 Å². The van der Waals surface area contributed by atoms with Gasteiger partial charge in [-0.1, -0.05) is 57.2 Å². The third-order valence-electron chi connectivity index (χ3n) is 3.53. The highest BCUT2D eigenvalue weighted by Crippen LogP contribution is 2.11. The van der Waals surface area contributed by atoms with Crippen LogP contribution in [-0.4, -0.2) is 19.6 Å². The second-order valence-electron chi connectivity index (χ2n) is 5.73. The molecule has 0 amide bonds. The van der Waals surface area contributed by atoms with E-state index in [-0.39, 0.29) is 0 Å². The van der Waals surface area contributed by atoms with Crippen LogP contribution in [0.3, 0.4) is 0 Å². The number of hydrogen-bond donors (Lipinski definition) is 2. The van der Waals surface area contributed by atoms with Crippen LogP contribution in [0.2, 0.25) is 0 Å². The molecule has 120 valence electrons. The van der Waals surface area contributed by atoms with Gasteiger partial charge in [0.05, 0.1) is 0 Å². The minimum Gasteiger partial charge on any atom is -0.384 e. The summed E-state index contributed by atoms with van der Waals surface area (Å²) in [5, 5.41) is 6.94. The SMILES string of the molecule is C=C(C)/C=C\C(=C/C)NCCNCC(C)C(C)/C=C\CC. The van der Waals surface area contributed by atoms with Gasteiger partial charge >= 0.3 is 0 Å². The molecule has 2 unspecified atom stereocenters. The quantitative estimate of drug-likeness (QED) is 0.334. The van der Waals surface area contributed by atoms with Crippen LogP contribution < -0.4 is 10.6 Å². The van der Waals surface area contributed by atoms with Crippen molar-refractivity contribution in [2.75, 3.05) is 19.6 Å². The van der Waals surface area contributed by atoms with Crippen molar-refractivity contribution in [2.45, 2.75) is 41.0 Å². The van der Waals surface area contributed by atoms with Crippen molar-refractivity contribution >= 4 is 0 Å². The van der Waals surface area contributed by atoms with Gasteiger partial charge in [0.2, 0.25) is 0 Å². The zero-order chi connectivity index (χ0) is 16.1. The Morgan fingerprint density at radius 3 is 2.48 bits per heavy atom. The number of nitrogens with one attached hydrogen (secondary N) is 2. The van der Waals surface area contributed by atoms with Gasteiger partial charge in [-0.2, -0.15) is 0 Å². The number of hydrogen-bond acceptors (Lipinski definition) is 2. The fraction of sp³-hybridized carbons (Fsp3) is 0.579. The van der Waals surface area contributed by atoms with Crippen molar-refractivity contribution in [3.63, 3.8) is 0 Å². The Hall–Kier alpha value is -1.28. The third-order valence-corrected chi connectivity index (χ3v) is 3.53. The molecule has 0 bridgehead atoms. The zero-order valence-corrected chi connectivity index (χ0v) is 14.6. The van der Waals surface area contributed by atoms with E-state index in [0.29, 0.717) is 11.8 Å². The van der Waals surface area contributed by atoms with Crippen LogP contribution in [-0.2, 0) is 0 Å². The predicted octanol–water partition coefficient (Wildman–Crippen LogP) is 4.44. The molecular formula is C19H34N2. The van der Waals surface area contributed by atoms with E-state index in [9.17, 15) is 0 Å². The highest BCUT2D eigenvalue weighted by Gasteiger charge is 2.07. The summed E-state index contributed by atoms with van der Waals surface area (Å²) in [5.74, 6) is 1.30. The van der Waals surface area contributed by atoms with Gasteiger partial charge in [-0.15, -0.1) is 0 Å². The van der Waals surface area contributed by atoms with Gasteiger partial charge in [0.15, 0.2) is 0 Å². The van der Waals surface area contributed by atoms with E-state index in [1.54, 1.807) is 0 Å². The molecule has 0 aromatic rings. The molecule has 0 aliphatic rings. The molecule has 2 heteroatoms. The molecule has 0 aromatic heterocycles. The fourth-order valence-corrected chi connectivity index (χ4v) is 1.84. The van der Waals surface area contributed by atoms with Crippen molar-refractivity contribution in [2.24, 2.45) is 11.8 Å². The summed E-state index contributed by atoms with van der Waals surface area (Å²) >= 11 is 0. The Balaban J connectivity index is 3.85. The van der Waals surface area contributed by atoms with Gasteiger partial charge in [-0.3, -0.25) is 0 Å². The predicted molar refractivity (Wildman–Crippen MR) is 96.3 cm³/mol. The summed E-state index contributed by atoms with van der Waals surface area (Å²) in [5.41, 5.74) is 2.21. The Morgan fingerprint density at radius 2 is 1.90 bits per heavy atom. The minimum atomic E-state index is 0.634. The zero-order valence-electron chi connectivity index (χ0n) is 14.6. The highest BCUT2D eigenvalue weighted by atomic mass is 14.9. The lowest BCUT2D eigenvalue weighted by atomic mass is 9.95. The van der Waals surface area contributed by atoms with E-state index >= 15 is 0 Å². The van der Waals surface area contributed by atoms with E-state index in [4.69, 9.17) is 0 Å². The average Bonchev–Trinajstić information content (AvgIpc) is 2.46. The van der Waals surface area contributed by atoms with Gasteiger partial charge in [-0.25, -0.2) is 0 Å². The van der Waals surface area contributed by atoms with Gasteiger partial charge in [0.1, 0.15) is 0 Å². The molecule has 0 heterocycles. The standard InChI is InChI=1S/C19H34N2/c1-7-9-10-17(5)18(6)15-20-13-14-21-19(8-2)12-11-16(3)4/h8-12,17-18,20-21H,3,7,13-15H2,1-2,4-6H3/b10-9-,12-11-,19-8+. The molecule has 0 aromatic carbocycles. The van der Waals surface area contributed by atoms with Crippen LogP contribution in [0.5, 0.6) is 0 Å². The molecule has 0 saturated heterocycles. The van der Waals surface area contributed by atoms with E-state index < -0.39 is 0 Å². The number of allylic oxidation sites excluding steroid dienone is 6. The average molecular weight is 290 g/mol. The molecule has 21 heavy (non-hydrogen) atoms. The highest BCUT2D eigenvalue weighted by molar-refractivity contribution is 5.23. The summed E-state index contributed by atoms with van der Waals surface area (Å²) in [6.45, 7) is 17.7. The maximum absolute atomic E-state index is 3.87. The largest absolute Gasteiger partial charge is 0.384 e. The summed E-state index contributed by atoms with van der Waals surface area (Å²) in [6, 6.07) is 0. The first-order valence-electron chi connectivity index (χ1n) is 8.12. The molecule has 2 nitrogen and oxygen atoms in total. The first-order valence-corrected chi connectivity index (χ1v) is 8.12. The van der Waals surface area contributed by atoms with Crippen LogP contribution in [0, 0.1) is 11.8 Å². The lowest BCUT2D eigenvalue weighted by Gasteiger charge is -2.17. The molecule has 0 fully saturated rings. The third kappa shape index (κ3) is 11.1. The molecule has 0 radical (unpaired) electrons. The first kappa shape index (κ1) is 19.7. The summed E-state index contributed by atoms with van der Waals surface area (Å²) in [7, 11) is 0. The molecule has 2 atom stereocenters. The Labute approximate surface area is 132 Å². The first-order chi connectivity index (χ1) is 10.0. The Morgan fingerprint density at radius 1 is 1.19 bits per heavy atom. The molecular weight excluding hydrogens is 256 g/mol. The fourth-order valence-electron chi connectivity index (χ4n) is 1.84. The van der Waals surface area contributed by atoms with Gasteiger partial charge < -0.3 is 10.6 Å². The van der Waals surface area contributed by atoms with Crippen molar-refractivity contribution < 1.29 is 0 Å². The van der Waals surface area contributed by atoms with Crippen LogP contribution in [0.25, 0.3) is 0 Å². The van der Waals surface area contributed by atoms with Gasteiger partial charge in [-0.05, 0) is 44.7 Å². The Bertz CT molecular complexity index is 364. The molecule has 0 aliphatic heterocycles. The van der Waals surface area contributed by atoms with Crippen LogP contribution in [0.1, 0.15) is 41.0 Å². The van der Waals surface area contributed by atoms with Crippen molar-refractivity contribution in [1.82, 2.24) is 10.6 Å². The lowest BCUT2D eigenvalue weighted by Crippen LogP contribution is -2.31. The topological polar surface area (TPSA) is 24.1 Å². The minimum absolute atomic E-state index is 0.634. The summed E-state index contributed by atoms with van der Waals surface area (Å²) in [4.78, 5) is 0. The van der Waals surface area contributed by atoms with Crippen LogP contribution in [0.15, 0.2) is 48.2 Å². The molecule has 2 N–H and O–H groups in total. The van der Waals surface area contributed by atoms with E-state index in [0.717, 1.165) is 37.3 Å². The second kappa shape index (κ2) is 12.5. The molecule has 0 spiro atoms. The van der Waals surface area contributed by atoms with E-state index in [2.05, 4.69) is 62.3 Å². The van der Waals surface area contributed by atoms with E-state index in [1.165, 1.54) is 0 Å².